The van der Waals surface area contributed by atoms with Gasteiger partial charge >= 0.3 is 0 Å². The van der Waals surface area contributed by atoms with E-state index in [0.29, 0.717) is 39.9 Å². The van der Waals surface area contributed by atoms with E-state index in [1.807, 2.05) is 6.07 Å². The standard InChI is InChI=1S/C30H27N3O6/c1-17(34)32-19-8-10-20(11-9-19)38-14-13-30-15-24(35)29(2,39-30)25-26(30)28(37)33(27(25)36)23-12-7-18(16-31)21-5-3-4-6-22(21)23/h3-12,24-26,35H,13-15H2,1-2H3,(H,32,34)/t24-,25-,26+,29?,30?/m1/s1. The fourth-order valence-corrected chi connectivity index (χ4v) is 6.62. The number of nitrogens with zero attached hydrogens (tertiary/aromatic N) is 2. The summed E-state index contributed by atoms with van der Waals surface area (Å²) in [6.07, 6.45) is -0.392. The molecule has 6 rings (SSSR count). The lowest BCUT2D eigenvalue weighted by molar-refractivity contribution is -0.134. The monoisotopic (exact) mass is 525 g/mol. The van der Waals surface area contributed by atoms with Crippen molar-refractivity contribution in [3.8, 4) is 11.8 Å². The Balaban J connectivity index is 1.29. The number of aliphatic hydroxyl groups is 1. The van der Waals surface area contributed by atoms with Gasteiger partial charge < -0.3 is 19.9 Å². The Hall–Kier alpha value is -4.26. The second-order valence-corrected chi connectivity index (χ2v) is 10.6. The largest absolute Gasteiger partial charge is 0.493 e. The van der Waals surface area contributed by atoms with Crippen LogP contribution < -0.4 is 15.0 Å². The van der Waals surface area contributed by atoms with Gasteiger partial charge in [0.05, 0.1) is 47.5 Å². The van der Waals surface area contributed by atoms with Crippen LogP contribution in [0.4, 0.5) is 11.4 Å². The Kier molecular flexibility index (Phi) is 5.72. The van der Waals surface area contributed by atoms with E-state index in [-0.39, 0.29) is 24.8 Å². The molecule has 3 aliphatic heterocycles. The minimum Gasteiger partial charge on any atom is -0.493 e. The molecule has 3 aromatic rings. The summed E-state index contributed by atoms with van der Waals surface area (Å²) in [5.74, 6) is -1.96. The average molecular weight is 526 g/mol. The Morgan fingerprint density at radius 3 is 2.49 bits per heavy atom. The molecule has 0 saturated carbocycles. The lowest BCUT2D eigenvalue weighted by Crippen LogP contribution is -2.49. The van der Waals surface area contributed by atoms with Crippen LogP contribution in [0, 0.1) is 23.2 Å². The normalized spacial score (nSPS) is 29.0. The number of benzene rings is 3. The van der Waals surface area contributed by atoms with Crippen LogP contribution >= 0.6 is 0 Å². The molecule has 9 nitrogen and oxygen atoms in total. The van der Waals surface area contributed by atoms with Gasteiger partial charge in [-0.3, -0.25) is 14.4 Å². The molecule has 2 N–H and O–H groups in total. The smallest absolute Gasteiger partial charge is 0.240 e. The van der Waals surface area contributed by atoms with Crippen molar-refractivity contribution in [2.75, 3.05) is 16.8 Å². The van der Waals surface area contributed by atoms with Crippen LogP contribution in [0.25, 0.3) is 10.8 Å². The van der Waals surface area contributed by atoms with Gasteiger partial charge in [-0.1, -0.05) is 24.3 Å². The SMILES string of the molecule is CC(=O)Nc1ccc(OCCC23C[C@@H](O)C(C)(O2)[C@H]2C(=O)N(c4ccc(C#N)c5ccccc45)C(=O)[C@H]23)cc1. The summed E-state index contributed by atoms with van der Waals surface area (Å²) in [4.78, 5) is 40.3. The number of hydrogen-bond donors (Lipinski definition) is 2. The molecule has 9 heteroatoms. The third kappa shape index (κ3) is 3.71. The van der Waals surface area contributed by atoms with Crippen molar-refractivity contribution >= 4 is 39.9 Å². The zero-order valence-corrected chi connectivity index (χ0v) is 21.5. The molecule has 5 atom stereocenters. The van der Waals surface area contributed by atoms with Gasteiger partial charge in [-0.25, -0.2) is 4.90 Å². The lowest BCUT2D eigenvalue weighted by Gasteiger charge is -2.33. The fraction of sp³-hybridized carbons (Fsp3) is 0.333. The Bertz CT molecular complexity index is 1560. The molecule has 0 radical (unpaired) electrons. The molecule has 39 heavy (non-hydrogen) atoms. The number of carbonyl (C=O) groups is 3. The van der Waals surface area contributed by atoms with Gasteiger partial charge in [0, 0.05) is 36.2 Å². The van der Waals surface area contributed by atoms with Crippen molar-refractivity contribution < 1.29 is 29.0 Å². The number of rotatable bonds is 6. The van der Waals surface area contributed by atoms with Crippen LogP contribution in [0.15, 0.2) is 60.7 Å². The Labute approximate surface area is 224 Å². The number of imide groups is 1. The topological polar surface area (TPSA) is 129 Å². The van der Waals surface area contributed by atoms with Crippen LogP contribution in [-0.4, -0.2) is 46.7 Å². The van der Waals surface area contributed by atoms with Crippen molar-refractivity contribution in [2.45, 2.75) is 44.0 Å². The van der Waals surface area contributed by atoms with Crippen molar-refractivity contribution in [3.63, 3.8) is 0 Å². The molecule has 3 saturated heterocycles. The number of aliphatic hydroxyl groups excluding tert-OH is 1. The lowest BCUT2D eigenvalue weighted by atomic mass is 9.66. The number of nitrogens with one attached hydrogen (secondary N) is 1. The first-order valence-corrected chi connectivity index (χ1v) is 12.9. The molecule has 198 valence electrons. The molecule has 3 aliphatic rings. The first kappa shape index (κ1) is 25.0. The van der Waals surface area contributed by atoms with Gasteiger partial charge in [-0.05, 0) is 43.3 Å². The Morgan fingerprint density at radius 2 is 1.79 bits per heavy atom. The van der Waals surface area contributed by atoms with E-state index in [1.54, 1.807) is 61.5 Å². The zero-order valence-electron chi connectivity index (χ0n) is 21.5. The van der Waals surface area contributed by atoms with Gasteiger partial charge in [-0.15, -0.1) is 0 Å². The molecule has 3 amide bonds. The molecule has 3 aromatic carbocycles. The van der Waals surface area contributed by atoms with Crippen LogP contribution in [0.5, 0.6) is 5.75 Å². The van der Waals surface area contributed by atoms with E-state index >= 15 is 0 Å². The van der Waals surface area contributed by atoms with Crippen molar-refractivity contribution in [2.24, 2.45) is 11.8 Å². The molecule has 2 unspecified atom stereocenters. The second kappa shape index (κ2) is 8.90. The van der Waals surface area contributed by atoms with Crippen LogP contribution in [0.2, 0.25) is 0 Å². The van der Waals surface area contributed by atoms with Crippen molar-refractivity contribution in [1.29, 1.82) is 5.26 Å². The quantitative estimate of drug-likeness (QED) is 0.471. The Morgan fingerprint density at radius 1 is 1.10 bits per heavy atom. The third-order valence-corrected chi connectivity index (χ3v) is 8.35. The van der Waals surface area contributed by atoms with Crippen molar-refractivity contribution in [1.82, 2.24) is 0 Å². The van der Waals surface area contributed by atoms with Crippen LogP contribution in [0.1, 0.15) is 32.3 Å². The number of carbonyl (C=O) groups excluding carboxylic acids is 3. The first-order valence-electron chi connectivity index (χ1n) is 12.9. The summed E-state index contributed by atoms with van der Waals surface area (Å²) >= 11 is 0. The molecule has 3 heterocycles. The number of nitriles is 1. The summed E-state index contributed by atoms with van der Waals surface area (Å²) in [7, 11) is 0. The van der Waals surface area contributed by atoms with Gasteiger partial charge in [0.15, 0.2) is 0 Å². The number of hydrogen-bond acceptors (Lipinski definition) is 7. The molecule has 2 bridgehead atoms. The van der Waals surface area contributed by atoms with E-state index in [1.165, 1.54) is 11.8 Å². The summed E-state index contributed by atoms with van der Waals surface area (Å²) in [6.45, 7) is 3.34. The predicted octanol–water partition coefficient (Wildman–Crippen LogP) is 3.54. The first-order chi connectivity index (χ1) is 18.7. The van der Waals surface area contributed by atoms with Gasteiger partial charge in [0.25, 0.3) is 0 Å². The summed E-state index contributed by atoms with van der Waals surface area (Å²) < 4.78 is 12.3. The summed E-state index contributed by atoms with van der Waals surface area (Å²) in [6, 6.07) is 19.5. The molecular formula is C30H27N3O6. The maximum absolute atomic E-state index is 14.0. The van der Waals surface area contributed by atoms with Gasteiger partial charge in [0.1, 0.15) is 11.4 Å². The minimum atomic E-state index is -1.20. The van der Waals surface area contributed by atoms with Crippen LogP contribution in [0.3, 0.4) is 0 Å². The highest BCUT2D eigenvalue weighted by Crippen LogP contribution is 2.62. The molecule has 0 aliphatic carbocycles. The third-order valence-electron chi connectivity index (χ3n) is 8.35. The summed E-state index contributed by atoms with van der Waals surface area (Å²) in [5, 5.41) is 24.5. The maximum Gasteiger partial charge on any atom is 0.240 e. The zero-order chi connectivity index (χ0) is 27.5. The highest BCUT2D eigenvalue weighted by Gasteiger charge is 2.77. The second-order valence-electron chi connectivity index (χ2n) is 10.6. The molecular weight excluding hydrogens is 498 g/mol. The summed E-state index contributed by atoms with van der Waals surface area (Å²) in [5.41, 5.74) is -0.723. The van der Waals surface area contributed by atoms with E-state index in [9.17, 15) is 24.8 Å². The highest BCUT2D eigenvalue weighted by atomic mass is 16.6. The number of ether oxygens (including phenoxy) is 2. The molecule has 0 spiro atoms. The van der Waals surface area contributed by atoms with Crippen molar-refractivity contribution in [3.05, 3.63) is 66.2 Å². The fourth-order valence-electron chi connectivity index (χ4n) is 6.62. The predicted molar refractivity (Wildman–Crippen MR) is 142 cm³/mol. The number of fused-ring (bicyclic) bond motifs is 6. The highest BCUT2D eigenvalue weighted by molar-refractivity contribution is 6.26. The minimum absolute atomic E-state index is 0.169. The number of anilines is 2. The van der Waals surface area contributed by atoms with E-state index < -0.39 is 35.0 Å². The van der Waals surface area contributed by atoms with E-state index in [0.717, 1.165) is 0 Å². The number of amides is 3. The van der Waals surface area contributed by atoms with Gasteiger partial charge in [-0.2, -0.15) is 5.26 Å². The average Bonchev–Trinajstić information content (AvgIpc) is 3.45. The van der Waals surface area contributed by atoms with E-state index in [4.69, 9.17) is 9.47 Å². The molecule has 3 fully saturated rings. The molecule has 0 aromatic heterocycles. The van der Waals surface area contributed by atoms with Gasteiger partial charge in [0.2, 0.25) is 17.7 Å². The maximum atomic E-state index is 14.0. The van der Waals surface area contributed by atoms with Crippen LogP contribution in [-0.2, 0) is 19.1 Å². The van der Waals surface area contributed by atoms with E-state index in [2.05, 4.69) is 11.4 Å².